The third kappa shape index (κ3) is 3.75. The van der Waals surface area contributed by atoms with Gasteiger partial charge >= 0.3 is 18.9 Å². The van der Waals surface area contributed by atoms with Gasteiger partial charge in [-0.05, 0) is 15.4 Å². The molecule has 0 spiro atoms. The fraction of sp³-hybridized carbons (Fsp3) is 0.316. The van der Waals surface area contributed by atoms with Gasteiger partial charge in [-0.25, -0.2) is 6.61 Å². The Morgan fingerprint density at radius 2 is 1.27 bits per heavy atom. The second-order valence-electron chi connectivity index (χ2n) is 6.36. The zero-order valence-corrected chi connectivity index (χ0v) is 15.5. The largest absolute Gasteiger partial charge is 1.00 e. The molecule has 0 saturated carbocycles. The van der Waals surface area contributed by atoms with E-state index in [2.05, 4.69) is 88.4 Å². The average Bonchev–Trinajstić information content (AvgIpc) is 2.49. The summed E-state index contributed by atoms with van der Waals surface area (Å²) in [4.78, 5) is 0. The topological polar surface area (TPSA) is 9.23 Å². The monoisotopic (exact) mass is 304 g/mol. The van der Waals surface area contributed by atoms with Crippen LogP contribution in [0.2, 0.25) is 5.04 Å². The molecule has 3 heteroatoms. The van der Waals surface area contributed by atoms with Gasteiger partial charge in [-0.15, -0.1) is 0 Å². The van der Waals surface area contributed by atoms with Gasteiger partial charge < -0.3 is 4.43 Å². The van der Waals surface area contributed by atoms with Crippen molar-refractivity contribution in [2.75, 3.05) is 0 Å². The Labute approximate surface area is 148 Å². The van der Waals surface area contributed by atoms with E-state index < -0.39 is 8.32 Å². The van der Waals surface area contributed by atoms with Gasteiger partial charge in [-0.1, -0.05) is 88.4 Å². The number of benzene rings is 2. The summed E-state index contributed by atoms with van der Waals surface area (Å²) < 4.78 is 6.53. The van der Waals surface area contributed by atoms with E-state index in [0.29, 0.717) is 0 Å². The standard InChI is InChI=1S/C19H25OSi.Li/c1-5-16-20-21(19(2,3)4,17-12-8-6-9-13-17)18-14-10-7-11-15-18;/h6-16H,5H2,1-4H3;/q-1;+1. The van der Waals surface area contributed by atoms with Gasteiger partial charge in [-0.2, -0.15) is 6.42 Å². The quantitative estimate of drug-likeness (QED) is 0.595. The Hall–Kier alpha value is -0.786. The Morgan fingerprint density at radius 1 is 0.864 bits per heavy atom. The van der Waals surface area contributed by atoms with Gasteiger partial charge in [0, 0.05) is 0 Å². The van der Waals surface area contributed by atoms with E-state index in [0.717, 1.165) is 6.42 Å². The second-order valence-corrected chi connectivity index (χ2v) is 10.6. The molecule has 0 aliphatic rings. The predicted octanol–water partition coefficient (Wildman–Crippen LogP) is 1.14. The van der Waals surface area contributed by atoms with Gasteiger partial charge in [0.2, 0.25) is 8.32 Å². The van der Waals surface area contributed by atoms with Crippen molar-refractivity contribution in [3.63, 3.8) is 0 Å². The molecule has 0 fully saturated rings. The van der Waals surface area contributed by atoms with Crippen molar-refractivity contribution >= 4 is 18.7 Å². The summed E-state index contributed by atoms with van der Waals surface area (Å²) in [6.07, 6.45) is 0.921. The first-order valence-electron chi connectivity index (χ1n) is 7.63. The molecule has 22 heavy (non-hydrogen) atoms. The molecule has 1 nitrogen and oxygen atoms in total. The fourth-order valence-electron chi connectivity index (χ4n) is 2.90. The SMILES string of the molecule is CC[CH-]O[Si](c1ccccc1)(c1ccccc1)C(C)(C)C.[Li+]. The van der Waals surface area contributed by atoms with Crippen LogP contribution in [-0.4, -0.2) is 8.32 Å². The molecule has 0 bridgehead atoms. The molecule has 0 unspecified atom stereocenters. The first-order chi connectivity index (χ1) is 10.0. The van der Waals surface area contributed by atoms with Crippen molar-refractivity contribution in [3.8, 4) is 0 Å². The van der Waals surface area contributed by atoms with Gasteiger partial charge in [0.25, 0.3) is 0 Å². The van der Waals surface area contributed by atoms with Gasteiger partial charge in [0.15, 0.2) is 0 Å². The maximum atomic E-state index is 6.53. The van der Waals surface area contributed by atoms with Crippen LogP contribution in [0, 0.1) is 6.61 Å². The Morgan fingerprint density at radius 3 is 1.59 bits per heavy atom. The predicted molar refractivity (Wildman–Crippen MR) is 93.3 cm³/mol. The summed E-state index contributed by atoms with van der Waals surface area (Å²) in [7, 11) is -2.33. The molecule has 2 aromatic rings. The zero-order chi connectivity index (χ0) is 15.3. The first kappa shape index (κ1) is 19.3. The van der Waals surface area contributed by atoms with E-state index in [4.69, 9.17) is 4.43 Å². The van der Waals surface area contributed by atoms with Crippen LogP contribution in [0.5, 0.6) is 0 Å². The summed E-state index contributed by atoms with van der Waals surface area (Å²) in [6, 6.07) is 21.5. The van der Waals surface area contributed by atoms with E-state index >= 15 is 0 Å². The molecule has 2 rings (SSSR count). The third-order valence-corrected chi connectivity index (χ3v) is 8.77. The molecule has 0 amide bonds. The average molecular weight is 304 g/mol. The summed E-state index contributed by atoms with van der Waals surface area (Å²) >= 11 is 0. The van der Waals surface area contributed by atoms with Crippen molar-refractivity contribution in [1.82, 2.24) is 0 Å². The van der Waals surface area contributed by atoms with Crippen molar-refractivity contribution in [1.29, 1.82) is 0 Å². The van der Waals surface area contributed by atoms with E-state index in [9.17, 15) is 0 Å². The molecule has 0 aliphatic heterocycles. The Bertz CT molecular complexity index is 509. The molecule has 2 aromatic carbocycles. The molecule has 0 saturated heterocycles. The van der Waals surface area contributed by atoms with Gasteiger partial charge in [0.1, 0.15) is 0 Å². The smallest absolute Gasteiger partial charge is 0.586 e. The van der Waals surface area contributed by atoms with E-state index in [1.807, 2.05) is 6.61 Å². The maximum Gasteiger partial charge on any atom is 1.00 e. The summed E-state index contributed by atoms with van der Waals surface area (Å²) in [5.74, 6) is 0. The van der Waals surface area contributed by atoms with Crippen LogP contribution in [-0.2, 0) is 4.43 Å². The summed E-state index contributed by atoms with van der Waals surface area (Å²) in [5, 5.41) is 2.71. The Balaban J connectivity index is 0.00000242. The van der Waals surface area contributed by atoms with E-state index in [1.165, 1.54) is 10.4 Å². The van der Waals surface area contributed by atoms with Gasteiger partial charge in [-0.3, -0.25) is 0 Å². The summed E-state index contributed by atoms with van der Waals surface area (Å²) in [6.45, 7) is 11.0. The second kappa shape index (κ2) is 8.17. The van der Waals surface area contributed by atoms with Crippen molar-refractivity contribution in [3.05, 3.63) is 67.3 Å². The van der Waals surface area contributed by atoms with Crippen molar-refractivity contribution < 1.29 is 23.3 Å². The normalized spacial score (nSPS) is 11.8. The minimum Gasteiger partial charge on any atom is -0.586 e. The van der Waals surface area contributed by atoms with E-state index in [-0.39, 0.29) is 23.9 Å². The van der Waals surface area contributed by atoms with Crippen LogP contribution in [0.25, 0.3) is 0 Å². The van der Waals surface area contributed by atoms with Crippen LogP contribution in [0.3, 0.4) is 0 Å². The van der Waals surface area contributed by atoms with Gasteiger partial charge in [0.05, 0.1) is 0 Å². The number of hydrogen-bond donors (Lipinski definition) is 0. The molecular formula is C19H25LiOSi. The molecule has 0 aromatic heterocycles. The van der Waals surface area contributed by atoms with E-state index in [1.54, 1.807) is 0 Å². The fourth-order valence-corrected chi connectivity index (χ4v) is 7.33. The molecular weight excluding hydrogens is 279 g/mol. The van der Waals surface area contributed by atoms with Crippen LogP contribution in [0.15, 0.2) is 60.7 Å². The maximum absolute atomic E-state index is 6.53. The first-order valence-corrected chi connectivity index (χ1v) is 9.53. The minimum atomic E-state index is -2.33. The summed E-state index contributed by atoms with van der Waals surface area (Å²) in [5.41, 5.74) is 0. The molecule has 112 valence electrons. The minimum absolute atomic E-state index is 0. The zero-order valence-electron chi connectivity index (χ0n) is 14.5. The third-order valence-electron chi connectivity index (χ3n) is 3.84. The molecule has 0 radical (unpaired) electrons. The number of rotatable bonds is 5. The van der Waals surface area contributed by atoms with Crippen LogP contribution < -0.4 is 29.2 Å². The molecule has 0 heterocycles. The van der Waals surface area contributed by atoms with Crippen LogP contribution in [0.1, 0.15) is 34.1 Å². The van der Waals surface area contributed by atoms with Crippen molar-refractivity contribution in [2.24, 2.45) is 0 Å². The van der Waals surface area contributed by atoms with Crippen molar-refractivity contribution in [2.45, 2.75) is 39.2 Å². The van der Waals surface area contributed by atoms with Crippen LogP contribution in [0.4, 0.5) is 0 Å². The Kier molecular flexibility index (Phi) is 7.16. The molecule has 0 N–H and O–H groups in total. The van der Waals surface area contributed by atoms with Crippen LogP contribution >= 0.6 is 0 Å². The molecule has 0 atom stereocenters. The molecule has 0 aliphatic carbocycles. The number of hydrogen-bond acceptors (Lipinski definition) is 1.